The second-order valence-electron chi connectivity index (χ2n) is 5.07. The molecule has 0 saturated carbocycles. The van der Waals surface area contributed by atoms with Crippen molar-refractivity contribution in [2.45, 2.75) is 20.0 Å². The highest BCUT2D eigenvalue weighted by Gasteiger charge is 2.08. The summed E-state index contributed by atoms with van der Waals surface area (Å²) in [6, 6.07) is 7.21. The zero-order valence-corrected chi connectivity index (χ0v) is 14.6. The molecule has 0 spiro atoms. The van der Waals surface area contributed by atoms with Crippen LogP contribution in [0.15, 0.2) is 41.1 Å². The number of carbonyl (C=O) groups excluding carboxylic acids is 1. The van der Waals surface area contributed by atoms with Crippen molar-refractivity contribution in [3.8, 4) is 5.88 Å². The molecule has 1 amide bonds. The van der Waals surface area contributed by atoms with Gasteiger partial charge in [-0.25, -0.2) is 9.97 Å². The molecule has 1 heterocycles. The lowest BCUT2D eigenvalue weighted by Crippen LogP contribution is -2.29. The number of benzene rings is 1. The van der Waals surface area contributed by atoms with Crippen LogP contribution in [0, 0.1) is 0 Å². The van der Waals surface area contributed by atoms with Gasteiger partial charge < -0.3 is 15.4 Å². The van der Waals surface area contributed by atoms with E-state index >= 15 is 0 Å². The van der Waals surface area contributed by atoms with E-state index in [-0.39, 0.29) is 12.0 Å². The highest BCUT2D eigenvalue weighted by molar-refractivity contribution is 9.10. The highest BCUT2D eigenvalue weighted by atomic mass is 79.9. The van der Waals surface area contributed by atoms with E-state index in [4.69, 9.17) is 4.74 Å². The summed E-state index contributed by atoms with van der Waals surface area (Å²) in [5.74, 6) is 0.915. The van der Waals surface area contributed by atoms with Crippen LogP contribution in [0.4, 0.5) is 5.82 Å². The molecule has 7 heteroatoms. The Kier molecular flexibility index (Phi) is 6.34. The molecule has 1 aromatic carbocycles. The summed E-state index contributed by atoms with van der Waals surface area (Å²) < 4.78 is 6.52. The molecule has 23 heavy (non-hydrogen) atoms. The number of aromatic nitrogens is 2. The second kappa shape index (κ2) is 8.47. The topological polar surface area (TPSA) is 76.1 Å². The predicted octanol–water partition coefficient (Wildman–Crippen LogP) is 2.87. The molecule has 2 rings (SSSR count). The number of halogens is 1. The second-order valence-corrected chi connectivity index (χ2v) is 5.98. The molecule has 0 aliphatic carbocycles. The standard InChI is InChI=1S/C16H19BrN4O2/c1-11(2)23-16-14(19-8-10-21-16)18-7-9-20-15(22)12-3-5-13(17)6-4-12/h3-6,8,10-11H,7,9H2,1-2H3,(H,18,19)(H,20,22). The molecule has 6 nitrogen and oxygen atoms in total. The third kappa shape index (κ3) is 5.52. The van der Waals surface area contributed by atoms with Gasteiger partial charge in [0.15, 0.2) is 5.82 Å². The van der Waals surface area contributed by atoms with Crippen LogP contribution in [0.5, 0.6) is 5.88 Å². The maximum absolute atomic E-state index is 12.0. The van der Waals surface area contributed by atoms with Gasteiger partial charge in [-0.3, -0.25) is 4.79 Å². The number of anilines is 1. The van der Waals surface area contributed by atoms with Crippen molar-refractivity contribution in [1.29, 1.82) is 0 Å². The van der Waals surface area contributed by atoms with Gasteiger partial charge in [0.1, 0.15) is 0 Å². The SMILES string of the molecule is CC(C)Oc1nccnc1NCCNC(=O)c1ccc(Br)cc1. The Morgan fingerprint density at radius 1 is 1.17 bits per heavy atom. The van der Waals surface area contributed by atoms with E-state index in [1.54, 1.807) is 24.5 Å². The summed E-state index contributed by atoms with van der Waals surface area (Å²) in [6.07, 6.45) is 3.19. The van der Waals surface area contributed by atoms with Gasteiger partial charge in [-0.1, -0.05) is 15.9 Å². The number of rotatable bonds is 7. The molecule has 0 radical (unpaired) electrons. The van der Waals surface area contributed by atoms with Crippen LogP contribution in [0.2, 0.25) is 0 Å². The molecule has 0 aliphatic rings. The first-order valence-corrected chi connectivity index (χ1v) is 8.11. The molecule has 0 saturated heterocycles. The number of nitrogens with zero attached hydrogens (tertiary/aromatic N) is 2. The fourth-order valence-electron chi connectivity index (χ4n) is 1.82. The van der Waals surface area contributed by atoms with Crippen molar-refractivity contribution < 1.29 is 9.53 Å². The minimum atomic E-state index is -0.114. The molecule has 122 valence electrons. The Labute approximate surface area is 143 Å². The Hall–Kier alpha value is -2.15. The van der Waals surface area contributed by atoms with E-state index in [9.17, 15) is 4.79 Å². The summed E-state index contributed by atoms with van der Waals surface area (Å²) >= 11 is 3.34. The van der Waals surface area contributed by atoms with Crippen LogP contribution in [-0.4, -0.2) is 35.1 Å². The molecule has 0 unspecified atom stereocenters. The average molecular weight is 379 g/mol. The van der Waals surface area contributed by atoms with E-state index < -0.39 is 0 Å². The van der Waals surface area contributed by atoms with E-state index in [2.05, 4.69) is 36.5 Å². The van der Waals surface area contributed by atoms with Gasteiger partial charge in [0, 0.05) is 35.5 Å². The van der Waals surface area contributed by atoms with Gasteiger partial charge in [-0.15, -0.1) is 0 Å². The van der Waals surface area contributed by atoms with Crippen molar-refractivity contribution >= 4 is 27.7 Å². The van der Waals surface area contributed by atoms with Crippen LogP contribution in [0.25, 0.3) is 0 Å². The first kappa shape index (κ1) is 17.2. The van der Waals surface area contributed by atoms with Crippen LogP contribution in [0.1, 0.15) is 24.2 Å². The maximum Gasteiger partial charge on any atom is 0.257 e. The van der Waals surface area contributed by atoms with E-state index in [0.29, 0.717) is 30.4 Å². The van der Waals surface area contributed by atoms with E-state index in [0.717, 1.165) is 4.47 Å². The van der Waals surface area contributed by atoms with Crippen molar-refractivity contribution in [2.75, 3.05) is 18.4 Å². The normalized spacial score (nSPS) is 10.4. The minimum Gasteiger partial charge on any atom is -0.472 e. The number of amides is 1. The molecule has 0 bridgehead atoms. The third-order valence-electron chi connectivity index (χ3n) is 2.82. The van der Waals surface area contributed by atoms with Gasteiger partial charge in [0.2, 0.25) is 0 Å². The fraction of sp³-hybridized carbons (Fsp3) is 0.312. The Morgan fingerprint density at radius 2 is 1.87 bits per heavy atom. The van der Waals surface area contributed by atoms with Crippen molar-refractivity contribution in [3.05, 3.63) is 46.7 Å². The van der Waals surface area contributed by atoms with Gasteiger partial charge in [-0.2, -0.15) is 0 Å². The summed E-state index contributed by atoms with van der Waals surface area (Å²) in [7, 11) is 0. The largest absolute Gasteiger partial charge is 0.472 e. The summed E-state index contributed by atoms with van der Waals surface area (Å²) in [6.45, 7) is 4.84. The zero-order valence-electron chi connectivity index (χ0n) is 13.0. The quantitative estimate of drug-likeness (QED) is 0.724. The van der Waals surface area contributed by atoms with E-state index in [1.165, 1.54) is 0 Å². The molecule has 0 fully saturated rings. The van der Waals surface area contributed by atoms with Crippen LogP contribution in [0.3, 0.4) is 0 Å². The smallest absolute Gasteiger partial charge is 0.257 e. The van der Waals surface area contributed by atoms with Crippen LogP contribution in [-0.2, 0) is 0 Å². The summed E-state index contributed by atoms with van der Waals surface area (Å²) in [4.78, 5) is 20.3. The minimum absolute atomic E-state index is 0.0179. The zero-order chi connectivity index (χ0) is 16.7. The predicted molar refractivity (Wildman–Crippen MR) is 92.8 cm³/mol. The van der Waals surface area contributed by atoms with Crippen molar-refractivity contribution in [2.24, 2.45) is 0 Å². The van der Waals surface area contributed by atoms with Crippen molar-refractivity contribution in [1.82, 2.24) is 15.3 Å². The molecule has 2 aromatic rings. The lowest BCUT2D eigenvalue weighted by molar-refractivity contribution is 0.0955. The molecule has 2 N–H and O–H groups in total. The van der Waals surface area contributed by atoms with Crippen LogP contribution >= 0.6 is 15.9 Å². The molecule has 0 atom stereocenters. The monoisotopic (exact) mass is 378 g/mol. The van der Waals surface area contributed by atoms with E-state index in [1.807, 2.05) is 26.0 Å². The fourth-order valence-corrected chi connectivity index (χ4v) is 2.08. The van der Waals surface area contributed by atoms with Gasteiger partial charge in [-0.05, 0) is 38.1 Å². The lowest BCUT2D eigenvalue weighted by atomic mass is 10.2. The first-order valence-electron chi connectivity index (χ1n) is 7.31. The van der Waals surface area contributed by atoms with Crippen molar-refractivity contribution in [3.63, 3.8) is 0 Å². The highest BCUT2D eigenvalue weighted by Crippen LogP contribution is 2.18. The Bertz CT molecular complexity index is 647. The number of carbonyl (C=O) groups is 1. The number of ether oxygens (including phenoxy) is 1. The lowest BCUT2D eigenvalue weighted by Gasteiger charge is -2.13. The number of hydrogen-bond acceptors (Lipinski definition) is 5. The molecular formula is C16H19BrN4O2. The molecule has 0 aliphatic heterocycles. The molecular weight excluding hydrogens is 360 g/mol. The Balaban J connectivity index is 1.81. The van der Waals surface area contributed by atoms with Gasteiger partial charge in [0.25, 0.3) is 11.8 Å². The van der Waals surface area contributed by atoms with Gasteiger partial charge in [0.05, 0.1) is 6.10 Å². The van der Waals surface area contributed by atoms with Gasteiger partial charge >= 0.3 is 0 Å². The third-order valence-corrected chi connectivity index (χ3v) is 3.35. The molecule has 1 aromatic heterocycles. The summed E-state index contributed by atoms with van der Waals surface area (Å²) in [5, 5.41) is 5.96. The number of hydrogen-bond donors (Lipinski definition) is 2. The summed E-state index contributed by atoms with van der Waals surface area (Å²) in [5.41, 5.74) is 0.622. The maximum atomic E-state index is 12.0. The first-order chi connectivity index (χ1) is 11.1. The van der Waals surface area contributed by atoms with Crippen LogP contribution < -0.4 is 15.4 Å². The number of nitrogens with one attached hydrogen (secondary N) is 2. The Morgan fingerprint density at radius 3 is 2.57 bits per heavy atom. The average Bonchev–Trinajstić information content (AvgIpc) is 2.53.